The summed E-state index contributed by atoms with van der Waals surface area (Å²) < 4.78 is 0. The van der Waals surface area contributed by atoms with Crippen molar-refractivity contribution in [2.45, 2.75) is 6.92 Å². The van der Waals surface area contributed by atoms with Gasteiger partial charge in [0.25, 0.3) is 0 Å². The molecule has 0 aliphatic heterocycles. The zero-order valence-electron chi connectivity index (χ0n) is 7.83. The molecule has 0 saturated heterocycles. The Kier molecular flexibility index (Phi) is 1.89. The maximum atomic E-state index is 4.32. The van der Waals surface area contributed by atoms with Crippen LogP contribution in [0.1, 0.15) is 5.69 Å². The van der Waals surface area contributed by atoms with Crippen LogP contribution in [0.15, 0.2) is 30.5 Å². The van der Waals surface area contributed by atoms with Crippen LogP contribution in [0.5, 0.6) is 0 Å². The van der Waals surface area contributed by atoms with E-state index in [1.54, 1.807) is 0 Å². The second-order valence-electron chi connectivity index (χ2n) is 3.05. The van der Waals surface area contributed by atoms with Crippen LogP contribution in [0.2, 0.25) is 0 Å². The molecule has 0 aliphatic rings. The Morgan fingerprint density at radius 2 is 1.85 bits per heavy atom. The van der Waals surface area contributed by atoms with Crippen molar-refractivity contribution in [1.29, 1.82) is 0 Å². The van der Waals surface area contributed by atoms with Crippen LogP contribution in [0.25, 0.3) is 10.8 Å². The molecule has 1 heterocycles. The highest BCUT2D eigenvalue weighted by molar-refractivity contribution is 5.94. The molecule has 0 atom stereocenters. The number of fused-ring (bicyclic) bond motifs is 1. The first-order valence-electron chi connectivity index (χ1n) is 4.35. The van der Waals surface area contributed by atoms with Crippen molar-refractivity contribution >= 4 is 16.5 Å². The van der Waals surface area contributed by atoms with Crippen LogP contribution in [0.3, 0.4) is 0 Å². The summed E-state index contributed by atoms with van der Waals surface area (Å²) in [6, 6.07) is 8.29. The van der Waals surface area contributed by atoms with E-state index in [1.165, 1.54) is 10.8 Å². The van der Waals surface area contributed by atoms with Gasteiger partial charge in [0.05, 0.1) is 11.9 Å². The standard InChI is InChI=1S/C11H12N2/c1-8-9-5-3-4-6-10(9)11(12-2)7-13-8/h3-7,12H,1-2H3. The van der Waals surface area contributed by atoms with E-state index in [0.29, 0.717) is 0 Å². The third-order valence-corrected chi connectivity index (χ3v) is 2.26. The van der Waals surface area contributed by atoms with Gasteiger partial charge in [-0.25, -0.2) is 0 Å². The molecule has 2 heteroatoms. The topological polar surface area (TPSA) is 24.9 Å². The Bertz CT molecular complexity index is 435. The molecule has 1 aromatic carbocycles. The molecular formula is C11H12N2. The molecule has 2 aromatic rings. The monoisotopic (exact) mass is 172 g/mol. The molecule has 2 nitrogen and oxygen atoms in total. The van der Waals surface area contributed by atoms with Crippen LogP contribution in [0.4, 0.5) is 5.69 Å². The first kappa shape index (κ1) is 8.05. The number of anilines is 1. The van der Waals surface area contributed by atoms with Crippen LogP contribution in [-0.4, -0.2) is 12.0 Å². The number of benzene rings is 1. The van der Waals surface area contributed by atoms with E-state index in [0.717, 1.165) is 11.4 Å². The van der Waals surface area contributed by atoms with Crippen molar-refractivity contribution < 1.29 is 0 Å². The van der Waals surface area contributed by atoms with Crippen molar-refractivity contribution in [1.82, 2.24) is 4.98 Å². The third kappa shape index (κ3) is 1.24. The van der Waals surface area contributed by atoms with Gasteiger partial charge in [0.1, 0.15) is 0 Å². The van der Waals surface area contributed by atoms with E-state index in [4.69, 9.17) is 0 Å². The Labute approximate surface area is 77.6 Å². The molecule has 0 bridgehead atoms. The quantitative estimate of drug-likeness (QED) is 0.715. The lowest BCUT2D eigenvalue weighted by Gasteiger charge is -2.06. The molecule has 13 heavy (non-hydrogen) atoms. The molecule has 2 rings (SSSR count). The number of hydrogen-bond donors (Lipinski definition) is 1. The molecule has 0 fully saturated rings. The minimum absolute atomic E-state index is 1.08. The highest BCUT2D eigenvalue weighted by Gasteiger charge is 2.01. The SMILES string of the molecule is CNc1cnc(C)c2ccccc12. The highest BCUT2D eigenvalue weighted by atomic mass is 14.8. The Morgan fingerprint density at radius 3 is 2.54 bits per heavy atom. The molecule has 0 aliphatic carbocycles. The molecule has 1 aromatic heterocycles. The number of pyridine rings is 1. The van der Waals surface area contributed by atoms with Crippen molar-refractivity contribution in [2.24, 2.45) is 0 Å². The van der Waals surface area contributed by atoms with Gasteiger partial charge in [0, 0.05) is 23.5 Å². The minimum atomic E-state index is 1.08. The lowest BCUT2D eigenvalue weighted by Crippen LogP contribution is -1.92. The molecule has 0 unspecified atom stereocenters. The van der Waals surface area contributed by atoms with Gasteiger partial charge in [-0.05, 0) is 6.92 Å². The van der Waals surface area contributed by atoms with Crippen LogP contribution >= 0.6 is 0 Å². The van der Waals surface area contributed by atoms with Crippen LogP contribution in [0, 0.1) is 6.92 Å². The predicted molar refractivity (Wildman–Crippen MR) is 56.0 cm³/mol. The summed E-state index contributed by atoms with van der Waals surface area (Å²) in [6.45, 7) is 2.03. The normalized spacial score (nSPS) is 10.3. The van der Waals surface area contributed by atoms with E-state index >= 15 is 0 Å². The predicted octanol–water partition coefficient (Wildman–Crippen LogP) is 2.58. The van der Waals surface area contributed by atoms with E-state index < -0.39 is 0 Å². The number of aryl methyl sites for hydroxylation is 1. The van der Waals surface area contributed by atoms with Crippen LogP contribution < -0.4 is 5.32 Å². The van der Waals surface area contributed by atoms with E-state index in [-0.39, 0.29) is 0 Å². The largest absolute Gasteiger partial charge is 0.386 e. The van der Waals surface area contributed by atoms with Gasteiger partial charge in [0.2, 0.25) is 0 Å². The zero-order valence-corrected chi connectivity index (χ0v) is 7.83. The summed E-state index contributed by atoms with van der Waals surface area (Å²) in [7, 11) is 1.92. The van der Waals surface area contributed by atoms with Crippen molar-refractivity contribution in [3.63, 3.8) is 0 Å². The second-order valence-corrected chi connectivity index (χ2v) is 3.05. The first-order chi connectivity index (χ1) is 6.33. The summed E-state index contributed by atoms with van der Waals surface area (Å²) in [4.78, 5) is 4.32. The van der Waals surface area contributed by atoms with Gasteiger partial charge in [-0.2, -0.15) is 0 Å². The average Bonchev–Trinajstić information content (AvgIpc) is 2.19. The number of aromatic nitrogens is 1. The maximum Gasteiger partial charge on any atom is 0.0604 e. The fraction of sp³-hybridized carbons (Fsp3) is 0.182. The van der Waals surface area contributed by atoms with Gasteiger partial charge in [0.15, 0.2) is 0 Å². The molecule has 0 spiro atoms. The van der Waals surface area contributed by atoms with Gasteiger partial charge in [-0.3, -0.25) is 4.98 Å². The Morgan fingerprint density at radius 1 is 1.15 bits per heavy atom. The summed E-state index contributed by atoms with van der Waals surface area (Å²) >= 11 is 0. The fourth-order valence-electron chi connectivity index (χ4n) is 1.53. The minimum Gasteiger partial charge on any atom is -0.386 e. The third-order valence-electron chi connectivity index (χ3n) is 2.26. The number of nitrogens with one attached hydrogen (secondary N) is 1. The van der Waals surface area contributed by atoms with Gasteiger partial charge < -0.3 is 5.32 Å². The highest BCUT2D eigenvalue weighted by Crippen LogP contribution is 2.23. The lowest BCUT2D eigenvalue weighted by atomic mass is 10.1. The fourth-order valence-corrected chi connectivity index (χ4v) is 1.53. The maximum absolute atomic E-state index is 4.32. The van der Waals surface area contributed by atoms with E-state index in [2.05, 4.69) is 22.4 Å². The molecule has 0 amide bonds. The molecule has 1 N–H and O–H groups in total. The van der Waals surface area contributed by atoms with Gasteiger partial charge >= 0.3 is 0 Å². The molecule has 0 radical (unpaired) electrons. The molecular weight excluding hydrogens is 160 g/mol. The van der Waals surface area contributed by atoms with Gasteiger partial charge in [-0.15, -0.1) is 0 Å². The van der Waals surface area contributed by atoms with E-state index in [9.17, 15) is 0 Å². The first-order valence-corrected chi connectivity index (χ1v) is 4.35. The average molecular weight is 172 g/mol. The Balaban J connectivity index is 2.84. The zero-order chi connectivity index (χ0) is 9.26. The summed E-state index contributed by atoms with van der Waals surface area (Å²) in [5, 5.41) is 5.59. The number of nitrogens with zero attached hydrogens (tertiary/aromatic N) is 1. The van der Waals surface area contributed by atoms with Crippen molar-refractivity contribution in [2.75, 3.05) is 12.4 Å². The Hall–Kier alpha value is -1.57. The summed E-state index contributed by atoms with van der Waals surface area (Å²) in [6.07, 6.45) is 1.87. The number of rotatable bonds is 1. The van der Waals surface area contributed by atoms with E-state index in [1.807, 2.05) is 32.3 Å². The van der Waals surface area contributed by atoms with Crippen molar-refractivity contribution in [3.8, 4) is 0 Å². The smallest absolute Gasteiger partial charge is 0.0604 e. The van der Waals surface area contributed by atoms with Gasteiger partial charge in [-0.1, -0.05) is 24.3 Å². The summed E-state index contributed by atoms with van der Waals surface area (Å²) in [5.74, 6) is 0. The van der Waals surface area contributed by atoms with Crippen molar-refractivity contribution in [3.05, 3.63) is 36.2 Å². The number of hydrogen-bond acceptors (Lipinski definition) is 2. The van der Waals surface area contributed by atoms with Crippen LogP contribution in [-0.2, 0) is 0 Å². The summed E-state index contributed by atoms with van der Waals surface area (Å²) in [5.41, 5.74) is 2.16. The second kappa shape index (κ2) is 3.05. The molecule has 0 saturated carbocycles. The lowest BCUT2D eigenvalue weighted by molar-refractivity contribution is 1.23. The molecule has 66 valence electrons.